The maximum absolute atomic E-state index is 12.0. The van der Waals surface area contributed by atoms with Gasteiger partial charge in [-0.15, -0.1) is 0 Å². The summed E-state index contributed by atoms with van der Waals surface area (Å²) in [5, 5.41) is 3.73. The van der Waals surface area contributed by atoms with Crippen LogP contribution in [0.25, 0.3) is 11.0 Å². The minimum absolute atomic E-state index is 0.000378. The zero-order valence-electron chi connectivity index (χ0n) is 13.7. The normalized spacial score (nSPS) is 12.5. The Balaban J connectivity index is 2.05. The van der Waals surface area contributed by atoms with E-state index in [4.69, 9.17) is 9.47 Å². The summed E-state index contributed by atoms with van der Waals surface area (Å²) in [7, 11) is 3.30. The topological polar surface area (TPSA) is 65.4 Å². The third-order valence-electron chi connectivity index (χ3n) is 3.29. The van der Waals surface area contributed by atoms with Crippen molar-refractivity contribution >= 4 is 28.7 Å². The first-order valence-electron chi connectivity index (χ1n) is 7.51. The second-order valence-corrected chi connectivity index (χ2v) is 6.18. The van der Waals surface area contributed by atoms with E-state index in [9.17, 15) is 4.79 Å². The summed E-state index contributed by atoms with van der Waals surface area (Å²) >= 11 is 1.43. The van der Waals surface area contributed by atoms with Gasteiger partial charge < -0.3 is 19.4 Å². The molecule has 6 nitrogen and oxygen atoms in total. The fraction of sp³-hybridized carbons (Fsp3) is 0.500. The van der Waals surface area contributed by atoms with E-state index in [-0.39, 0.29) is 11.9 Å². The lowest BCUT2D eigenvalue weighted by atomic mass is 10.3. The quantitative estimate of drug-likeness (QED) is 0.708. The smallest absolute Gasteiger partial charge is 0.230 e. The molecule has 1 aromatic heterocycles. The summed E-state index contributed by atoms with van der Waals surface area (Å²) in [5.74, 6) is 0.301. The standard InChI is InChI=1S/C16H23N3O3S/c1-12(10-22-3)17-15(20)11-23-16-18-13-6-4-5-7-14(13)19(16)8-9-21-2/h4-7,12H,8-11H2,1-3H3,(H,17,20). The van der Waals surface area contributed by atoms with Gasteiger partial charge in [0.1, 0.15) is 0 Å². The second kappa shape index (κ2) is 8.90. The molecule has 0 fully saturated rings. The highest BCUT2D eigenvalue weighted by atomic mass is 32.2. The number of ether oxygens (including phenoxy) is 2. The van der Waals surface area contributed by atoms with Gasteiger partial charge in [-0.1, -0.05) is 23.9 Å². The molecule has 0 saturated carbocycles. The monoisotopic (exact) mass is 337 g/mol. The van der Waals surface area contributed by atoms with Gasteiger partial charge >= 0.3 is 0 Å². The first kappa shape index (κ1) is 17.8. The zero-order chi connectivity index (χ0) is 16.7. The number of amides is 1. The Kier molecular flexibility index (Phi) is 6.88. The largest absolute Gasteiger partial charge is 0.383 e. The SMILES string of the molecule is COCCn1c(SCC(=O)NC(C)COC)nc2ccccc21. The Morgan fingerprint density at radius 2 is 2.13 bits per heavy atom. The Hall–Kier alpha value is -1.57. The molecular formula is C16H23N3O3S. The number of nitrogens with zero attached hydrogens (tertiary/aromatic N) is 2. The van der Waals surface area contributed by atoms with E-state index in [2.05, 4.69) is 14.9 Å². The maximum Gasteiger partial charge on any atom is 0.230 e. The number of nitrogens with one attached hydrogen (secondary N) is 1. The van der Waals surface area contributed by atoms with Gasteiger partial charge in [0.15, 0.2) is 5.16 Å². The van der Waals surface area contributed by atoms with Crippen LogP contribution in [-0.2, 0) is 20.8 Å². The number of methoxy groups -OCH3 is 2. The Morgan fingerprint density at radius 3 is 2.87 bits per heavy atom. The van der Waals surface area contributed by atoms with Crippen molar-refractivity contribution < 1.29 is 14.3 Å². The van der Waals surface area contributed by atoms with Crippen LogP contribution in [0.15, 0.2) is 29.4 Å². The van der Waals surface area contributed by atoms with Crippen molar-refractivity contribution in [1.82, 2.24) is 14.9 Å². The molecule has 0 spiro atoms. The van der Waals surface area contributed by atoms with Gasteiger partial charge in [0.2, 0.25) is 5.91 Å². The predicted molar refractivity (Wildman–Crippen MR) is 91.8 cm³/mol. The van der Waals surface area contributed by atoms with Crippen LogP contribution in [0, 0.1) is 0 Å². The van der Waals surface area contributed by atoms with Crippen molar-refractivity contribution in [2.24, 2.45) is 0 Å². The molecule has 1 atom stereocenters. The summed E-state index contributed by atoms with van der Waals surface area (Å²) in [6.07, 6.45) is 0. The van der Waals surface area contributed by atoms with E-state index < -0.39 is 0 Å². The van der Waals surface area contributed by atoms with E-state index in [0.717, 1.165) is 16.2 Å². The molecule has 0 aliphatic carbocycles. The lowest BCUT2D eigenvalue weighted by Crippen LogP contribution is -2.36. The van der Waals surface area contributed by atoms with Crippen molar-refractivity contribution in [2.45, 2.75) is 24.7 Å². The van der Waals surface area contributed by atoms with Crippen LogP contribution in [0.1, 0.15) is 6.92 Å². The molecule has 23 heavy (non-hydrogen) atoms. The molecule has 7 heteroatoms. The molecule has 1 amide bonds. The van der Waals surface area contributed by atoms with E-state index in [0.29, 0.717) is 25.5 Å². The van der Waals surface area contributed by atoms with Gasteiger partial charge in [-0.05, 0) is 19.1 Å². The molecule has 1 heterocycles. The highest BCUT2D eigenvalue weighted by Gasteiger charge is 2.13. The number of fused-ring (bicyclic) bond motifs is 1. The Morgan fingerprint density at radius 1 is 1.35 bits per heavy atom. The fourth-order valence-electron chi connectivity index (χ4n) is 2.30. The first-order valence-corrected chi connectivity index (χ1v) is 8.49. The number of aromatic nitrogens is 2. The van der Waals surface area contributed by atoms with Crippen LogP contribution in [-0.4, -0.2) is 54.7 Å². The number of hydrogen-bond acceptors (Lipinski definition) is 5. The van der Waals surface area contributed by atoms with Gasteiger partial charge in [-0.2, -0.15) is 0 Å². The van der Waals surface area contributed by atoms with Crippen LogP contribution in [0.3, 0.4) is 0 Å². The minimum Gasteiger partial charge on any atom is -0.383 e. The second-order valence-electron chi connectivity index (χ2n) is 5.24. The molecule has 0 aliphatic heterocycles. The molecule has 126 valence electrons. The zero-order valence-corrected chi connectivity index (χ0v) is 14.6. The van der Waals surface area contributed by atoms with Crippen LogP contribution >= 0.6 is 11.8 Å². The van der Waals surface area contributed by atoms with Crippen molar-refractivity contribution in [3.63, 3.8) is 0 Å². The van der Waals surface area contributed by atoms with Crippen molar-refractivity contribution in [3.05, 3.63) is 24.3 Å². The van der Waals surface area contributed by atoms with Crippen molar-refractivity contribution in [2.75, 3.05) is 33.2 Å². The van der Waals surface area contributed by atoms with Crippen LogP contribution < -0.4 is 5.32 Å². The summed E-state index contributed by atoms with van der Waals surface area (Å²) in [4.78, 5) is 16.6. The lowest BCUT2D eigenvalue weighted by Gasteiger charge is -2.12. The summed E-state index contributed by atoms with van der Waals surface area (Å²) in [5.41, 5.74) is 1.99. The molecule has 0 saturated heterocycles. The molecule has 0 aliphatic rings. The number of rotatable bonds is 9. The van der Waals surface area contributed by atoms with E-state index in [1.165, 1.54) is 11.8 Å². The molecule has 0 radical (unpaired) electrons. The first-order chi connectivity index (χ1) is 11.2. The van der Waals surface area contributed by atoms with Gasteiger partial charge in [0.05, 0.1) is 30.0 Å². The molecule has 1 unspecified atom stereocenters. The predicted octanol–water partition coefficient (Wildman–Crippen LogP) is 1.93. The number of thioether (sulfide) groups is 1. The summed E-state index contributed by atoms with van der Waals surface area (Å²) in [6, 6.07) is 7.96. The fourth-order valence-corrected chi connectivity index (χ4v) is 3.15. The third-order valence-corrected chi connectivity index (χ3v) is 4.27. The van der Waals surface area contributed by atoms with Crippen LogP contribution in [0.4, 0.5) is 0 Å². The highest BCUT2D eigenvalue weighted by molar-refractivity contribution is 7.99. The highest BCUT2D eigenvalue weighted by Crippen LogP contribution is 2.23. The van der Waals surface area contributed by atoms with E-state index in [1.54, 1.807) is 14.2 Å². The van der Waals surface area contributed by atoms with Crippen LogP contribution in [0.2, 0.25) is 0 Å². The number of benzene rings is 1. The molecule has 2 aromatic rings. The number of hydrogen-bond donors (Lipinski definition) is 1. The third kappa shape index (κ3) is 4.95. The van der Waals surface area contributed by atoms with Gasteiger partial charge in [-0.25, -0.2) is 4.98 Å². The molecule has 1 aromatic carbocycles. The molecular weight excluding hydrogens is 314 g/mol. The Labute approximate surface area is 140 Å². The average Bonchev–Trinajstić information content (AvgIpc) is 2.88. The molecule has 2 rings (SSSR count). The Bertz CT molecular complexity index is 645. The van der Waals surface area contributed by atoms with Crippen LogP contribution in [0.5, 0.6) is 0 Å². The number of imidazole rings is 1. The summed E-state index contributed by atoms with van der Waals surface area (Å²) in [6.45, 7) is 3.73. The molecule has 0 bridgehead atoms. The number of carbonyl (C=O) groups excluding carboxylic acids is 1. The molecule has 1 N–H and O–H groups in total. The maximum atomic E-state index is 12.0. The summed E-state index contributed by atoms with van der Waals surface area (Å²) < 4.78 is 12.3. The number of carbonyl (C=O) groups is 1. The number of para-hydroxylation sites is 2. The van der Waals surface area contributed by atoms with Gasteiger partial charge in [0.25, 0.3) is 0 Å². The minimum atomic E-state index is -0.0232. The average molecular weight is 337 g/mol. The van der Waals surface area contributed by atoms with E-state index in [1.807, 2.05) is 31.2 Å². The van der Waals surface area contributed by atoms with Crippen molar-refractivity contribution in [1.29, 1.82) is 0 Å². The lowest BCUT2D eigenvalue weighted by molar-refractivity contribution is -0.119. The van der Waals surface area contributed by atoms with Gasteiger partial charge in [-0.3, -0.25) is 4.79 Å². The van der Waals surface area contributed by atoms with Crippen molar-refractivity contribution in [3.8, 4) is 0 Å². The van der Waals surface area contributed by atoms with Gasteiger partial charge in [0, 0.05) is 26.8 Å². The van der Waals surface area contributed by atoms with E-state index >= 15 is 0 Å².